The van der Waals surface area contributed by atoms with Crippen molar-refractivity contribution in [3.63, 3.8) is 0 Å². The molecule has 0 saturated carbocycles. The van der Waals surface area contributed by atoms with Gasteiger partial charge in [0, 0.05) is 11.5 Å². The number of halogens is 2. The molecule has 0 heterocycles. The van der Waals surface area contributed by atoms with Crippen LogP contribution in [-0.4, -0.2) is 6.67 Å². The third kappa shape index (κ3) is 2.02. The second-order valence-electron chi connectivity index (χ2n) is 2.72. The first-order chi connectivity index (χ1) is 6.20. The summed E-state index contributed by atoms with van der Waals surface area (Å²) in [6.45, 7) is 1.20. The highest BCUT2D eigenvalue weighted by Crippen LogP contribution is 2.24. The van der Waals surface area contributed by atoms with E-state index in [-0.39, 0.29) is 0 Å². The van der Waals surface area contributed by atoms with Crippen LogP contribution in [0.4, 0.5) is 4.39 Å². The van der Waals surface area contributed by atoms with Crippen LogP contribution in [0.2, 0.25) is 5.02 Å². The zero-order valence-electron chi connectivity index (χ0n) is 7.27. The topological polar surface area (TPSA) is 0 Å². The van der Waals surface area contributed by atoms with Gasteiger partial charge in [-0.3, -0.25) is 4.39 Å². The fourth-order valence-electron chi connectivity index (χ4n) is 1.10. The normalized spacial score (nSPS) is 10.1. The lowest BCUT2D eigenvalue weighted by atomic mass is 9.97. The Morgan fingerprint density at radius 3 is 2.85 bits per heavy atom. The van der Waals surface area contributed by atoms with Gasteiger partial charge in [0.05, 0.1) is 11.7 Å². The Bertz CT molecular complexity index is 338. The Balaban J connectivity index is 3.22. The average Bonchev–Trinajstić information content (AvgIpc) is 2.16. The lowest BCUT2D eigenvalue weighted by Crippen LogP contribution is -2.00. The summed E-state index contributed by atoms with van der Waals surface area (Å²) < 4.78 is 12.4. The van der Waals surface area contributed by atoms with Gasteiger partial charge in [0.2, 0.25) is 0 Å². The molecule has 1 aromatic carbocycles. The lowest BCUT2D eigenvalue weighted by molar-refractivity contribution is 0.516. The number of benzene rings is 1. The van der Waals surface area contributed by atoms with Crippen LogP contribution in [0.5, 0.6) is 0 Å². The molecule has 0 aliphatic rings. The minimum atomic E-state index is -0.505. The van der Waals surface area contributed by atoms with Crippen molar-refractivity contribution in [2.75, 3.05) is 6.67 Å². The van der Waals surface area contributed by atoms with Crippen LogP contribution >= 0.6 is 11.6 Å². The fourth-order valence-corrected chi connectivity index (χ4v) is 1.33. The van der Waals surface area contributed by atoms with E-state index in [1.807, 2.05) is 0 Å². The third-order valence-electron chi connectivity index (χ3n) is 1.82. The third-order valence-corrected chi connectivity index (χ3v) is 2.13. The van der Waals surface area contributed by atoms with E-state index < -0.39 is 6.67 Å². The van der Waals surface area contributed by atoms with Gasteiger partial charge in [0.1, 0.15) is 0 Å². The maximum atomic E-state index is 12.4. The van der Waals surface area contributed by atoms with E-state index in [4.69, 9.17) is 18.0 Å². The molecule has 0 nitrogen and oxygen atoms in total. The molecule has 0 bridgehead atoms. The number of hydrogen-bond donors (Lipinski definition) is 0. The van der Waals surface area contributed by atoms with Crippen LogP contribution in [0, 0.1) is 18.3 Å². The van der Waals surface area contributed by atoms with Crippen molar-refractivity contribution in [2.45, 2.75) is 6.92 Å². The standard InChI is InChI=1S/C11H9ClF/c1-3-9-10(8(2)7-13)5-4-6-11(9)12/h1,4-6H,7H2,2H3. The Kier molecular flexibility index (Phi) is 3.33. The molecule has 1 radical (unpaired) electrons. The Morgan fingerprint density at radius 2 is 2.31 bits per heavy atom. The van der Waals surface area contributed by atoms with Crippen molar-refractivity contribution >= 4 is 11.6 Å². The van der Waals surface area contributed by atoms with Crippen molar-refractivity contribution in [3.05, 3.63) is 40.3 Å². The molecule has 0 unspecified atom stereocenters. The maximum Gasteiger partial charge on any atom is 0.0998 e. The molecule has 0 aliphatic heterocycles. The fraction of sp³-hybridized carbons (Fsp3) is 0.182. The van der Waals surface area contributed by atoms with Crippen LogP contribution in [0.15, 0.2) is 18.2 Å². The van der Waals surface area contributed by atoms with Crippen molar-refractivity contribution in [1.82, 2.24) is 0 Å². The minimum Gasteiger partial charge on any atom is -0.250 e. The first-order valence-electron chi connectivity index (χ1n) is 3.84. The van der Waals surface area contributed by atoms with Gasteiger partial charge in [-0.25, -0.2) is 0 Å². The summed E-state index contributed by atoms with van der Waals surface area (Å²) in [6, 6.07) is 5.24. The van der Waals surface area contributed by atoms with Crippen molar-refractivity contribution in [3.8, 4) is 12.3 Å². The van der Waals surface area contributed by atoms with E-state index in [0.29, 0.717) is 16.5 Å². The molecule has 0 fully saturated rings. The minimum absolute atomic E-state index is 0.493. The molecule has 1 rings (SSSR count). The second-order valence-corrected chi connectivity index (χ2v) is 3.13. The van der Waals surface area contributed by atoms with E-state index in [9.17, 15) is 4.39 Å². The van der Waals surface area contributed by atoms with E-state index >= 15 is 0 Å². The lowest BCUT2D eigenvalue weighted by Gasteiger charge is -2.09. The van der Waals surface area contributed by atoms with Crippen molar-refractivity contribution in [2.24, 2.45) is 0 Å². The van der Waals surface area contributed by atoms with Crippen LogP contribution in [0.3, 0.4) is 0 Å². The van der Waals surface area contributed by atoms with Gasteiger partial charge >= 0.3 is 0 Å². The van der Waals surface area contributed by atoms with E-state index in [2.05, 4.69) is 5.92 Å². The zero-order chi connectivity index (χ0) is 9.84. The molecule has 0 N–H and O–H groups in total. The number of alkyl halides is 1. The average molecular weight is 196 g/mol. The van der Waals surface area contributed by atoms with Crippen LogP contribution < -0.4 is 0 Å². The number of terminal acetylenes is 1. The SMILES string of the molecule is C#Cc1c(Cl)cccc1[C](C)CF. The molecule has 2 heteroatoms. The Labute approximate surface area is 82.7 Å². The van der Waals surface area contributed by atoms with Gasteiger partial charge in [0.25, 0.3) is 0 Å². The molecule has 0 amide bonds. The first-order valence-corrected chi connectivity index (χ1v) is 4.22. The predicted octanol–water partition coefficient (Wildman–Crippen LogP) is 3.23. The van der Waals surface area contributed by atoms with Crippen LogP contribution in [0.1, 0.15) is 18.1 Å². The Morgan fingerprint density at radius 1 is 1.62 bits per heavy atom. The monoisotopic (exact) mass is 195 g/mol. The van der Waals surface area contributed by atoms with Gasteiger partial charge in [0.15, 0.2) is 0 Å². The summed E-state index contributed by atoms with van der Waals surface area (Å²) in [7, 11) is 0. The molecule has 13 heavy (non-hydrogen) atoms. The van der Waals surface area contributed by atoms with E-state index in [1.54, 1.807) is 25.1 Å². The number of rotatable bonds is 2. The second kappa shape index (κ2) is 4.30. The summed E-state index contributed by atoms with van der Waals surface area (Å²) in [5.74, 6) is 3.07. The highest BCUT2D eigenvalue weighted by molar-refractivity contribution is 6.31. The molecule has 0 aromatic heterocycles. The zero-order valence-corrected chi connectivity index (χ0v) is 8.03. The van der Waals surface area contributed by atoms with Crippen LogP contribution in [-0.2, 0) is 0 Å². The van der Waals surface area contributed by atoms with Gasteiger partial charge in [-0.15, -0.1) is 6.42 Å². The molecular formula is C11H9ClF. The van der Waals surface area contributed by atoms with Gasteiger partial charge < -0.3 is 0 Å². The summed E-state index contributed by atoms with van der Waals surface area (Å²) >= 11 is 5.85. The van der Waals surface area contributed by atoms with Crippen LogP contribution in [0.25, 0.3) is 0 Å². The smallest absolute Gasteiger partial charge is 0.0998 e. The Hall–Kier alpha value is -1.00. The number of hydrogen-bond acceptors (Lipinski definition) is 0. The predicted molar refractivity (Wildman–Crippen MR) is 53.4 cm³/mol. The molecule has 0 aliphatic carbocycles. The summed E-state index contributed by atoms with van der Waals surface area (Å²) in [5.41, 5.74) is 1.29. The highest BCUT2D eigenvalue weighted by atomic mass is 35.5. The summed E-state index contributed by atoms with van der Waals surface area (Å²) in [6.07, 6.45) is 5.27. The maximum absolute atomic E-state index is 12.4. The highest BCUT2D eigenvalue weighted by Gasteiger charge is 2.11. The van der Waals surface area contributed by atoms with Gasteiger partial charge in [-0.2, -0.15) is 0 Å². The molecule has 0 atom stereocenters. The molecule has 1 aromatic rings. The van der Waals surface area contributed by atoms with Crippen molar-refractivity contribution in [1.29, 1.82) is 0 Å². The van der Waals surface area contributed by atoms with Gasteiger partial charge in [-0.1, -0.05) is 36.6 Å². The quantitative estimate of drug-likeness (QED) is 0.636. The van der Waals surface area contributed by atoms with E-state index in [0.717, 1.165) is 5.56 Å². The van der Waals surface area contributed by atoms with Crippen molar-refractivity contribution < 1.29 is 4.39 Å². The van der Waals surface area contributed by atoms with E-state index in [1.165, 1.54) is 0 Å². The van der Waals surface area contributed by atoms with Gasteiger partial charge in [-0.05, 0) is 11.6 Å². The molecular weight excluding hydrogens is 187 g/mol. The summed E-state index contributed by atoms with van der Waals surface area (Å²) in [5, 5.41) is 0.493. The molecule has 0 saturated heterocycles. The summed E-state index contributed by atoms with van der Waals surface area (Å²) in [4.78, 5) is 0. The molecule has 0 spiro atoms. The first kappa shape index (κ1) is 10.1. The molecule has 67 valence electrons. The largest absolute Gasteiger partial charge is 0.250 e.